The number of anilines is 1. The van der Waals surface area contributed by atoms with Crippen molar-refractivity contribution in [3.05, 3.63) is 30.0 Å². The summed E-state index contributed by atoms with van der Waals surface area (Å²) in [6, 6.07) is 7.67. The Kier molecular flexibility index (Phi) is 12.9. The van der Waals surface area contributed by atoms with Gasteiger partial charge in [-0.25, -0.2) is 8.42 Å². The summed E-state index contributed by atoms with van der Waals surface area (Å²) in [6.07, 6.45) is 11.6. The third kappa shape index (κ3) is 9.43. The predicted molar refractivity (Wildman–Crippen MR) is 158 cm³/mol. The van der Waals surface area contributed by atoms with Gasteiger partial charge < -0.3 is 14.4 Å². The van der Waals surface area contributed by atoms with E-state index in [2.05, 4.69) is 33.8 Å². The van der Waals surface area contributed by atoms with E-state index >= 15 is 0 Å². The van der Waals surface area contributed by atoms with Gasteiger partial charge in [0.05, 0.1) is 23.7 Å². The van der Waals surface area contributed by atoms with Gasteiger partial charge in [-0.05, 0) is 76.1 Å². The number of sulfonamides is 1. The van der Waals surface area contributed by atoms with Crippen molar-refractivity contribution in [2.24, 2.45) is 0 Å². The number of benzene rings is 1. The molecule has 4 rings (SSSR count). The SMILES string of the molecule is CCCCc1nnc(OC2CCN(C)CC2)cc1-c1ccc(OC2CCCCC2)c(NS(C)(=O)=O)c1.Cl.Cl. The number of aromatic nitrogens is 2. The van der Waals surface area contributed by atoms with Crippen molar-refractivity contribution in [3.8, 4) is 22.8 Å². The zero-order valence-electron chi connectivity index (χ0n) is 22.6. The van der Waals surface area contributed by atoms with E-state index in [0.29, 0.717) is 17.3 Å². The quantitative estimate of drug-likeness (QED) is 0.370. The van der Waals surface area contributed by atoms with Crippen molar-refractivity contribution in [3.63, 3.8) is 0 Å². The number of aryl methyl sites for hydroxylation is 1. The van der Waals surface area contributed by atoms with Crippen LogP contribution in [0.1, 0.15) is 70.4 Å². The third-order valence-corrected chi connectivity index (χ3v) is 7.59. The van der Waals surface area contributed by atoms with Crippen molar-refractivity contribution >= 4 is 40.5 Å². The highest BCUT2D eigenvalue weighted by atomic mass is 35.5. The first kappa shape index (κ1) is 32.4. The number of rotatable bonds is 10. The lowest BCUT2D eigenvalue weighted by atomic mass is 9.97. The fourth-order valence-corrected chi connectivity index (χ4v) is 5.51. The topological polar surface area (TPSA) is 93.7 Å². The maximum Gasteiger partial charge on any atom is 0.234 e. The number of hydrogen-bond acceptors (Lipinski definition) is 7. The molecular formula is C27H42Cl2N4O4S. The van der Waals surface area contributed by atoms with Gasteiger partial charge in [0.25, 0.3) is 0 Å². The van der Waals surface area contributed by atoms with Crippen LogP contribution in [-0.4, -0.2) is 62.1 Å². The van der Waals surface area contributed by atoms with E-state index in [4.69, 9.17) is 9.47 Å². The molecule has 2 aliphatic rings. The molecule has 0 bridgehead atoms. The maximum atomic E-state index is 12.2. The second kappa shape index (κ2) is 15.1. The van der Waals surface area contributed by atoms with Crippen molar-refractivity contribution in [2.75, 3.05) is 31.1 Å². The molecule has 1 saturated carbocycles. The summed E-state index contributed by atoms with van der Waals surface area (Å²) in [5.41, 5.74) is 3.13. The second-order valence-corrected chi connectivity index (χ2v) is 12.0. The monoisotopic (exact) mass is 588 g/mol. The van der Waals surface area contributed by atoms with Crippen molar-refractivity contribution in [2.45, 2.75) is 83.3 Å². The number of unbranched alkanes of at least 4 members (excludes halogenated alkanes) is 1. The standard InChI is InChI=1S/C27H40N4O4S.2ClH/c1-4-5-11-24-23(19-27(29-28-24)35-22-14-16-31(2)17-15-22)20-12-13-26(25(18-20)30-36(3,32)33)34-21-9-7-6-8-10-21;;/h12-13,18-19,21-22,30H,4-11,14-17H2,1-3H3;2*1H. The van der Waals surface area contributed by atoms with Crippen LogP contribution in [-0.2, 0) is 16.4 Å². The van der Waals surface area contributed by atoms with E-state index in [1.54, 1.807) is 0 Å². The summed E-state index contributed by atoms with van der Waals surface area (Å²) in [6.45, 7) is 4.15. The largest absolute Gasteiger partial charge is 0.488 e. The molecule has 2 aromatic rings. The Hall–Kier alpha value is -1.81. The molecule has 38 heavy (non-hydrogen) atoms. The van der Waals surface area contributed by atoms with Crippen LogP contribution in [0.25, 0.3) is 11.1 Å². The Morgan fingerprint density at radius 2 is 1.66 bits per heavy atom. The fraction of sp³-hybridized carbons (Fsp3) is 0.630. The van der Waals surface area contributed by atoms with Gasteiger partial charge in [0.2, 0.25) is 15.9 Å². The van der Waals surface area contributed by atoms with Gasteiger partial charge in [-0.15, -0.1) is 29.9 Å². The van der Waals surface area contributed by atoms with Crippen LogP contribution < -0.4 is 14.2 Å². The first-order valence-corrected chi connectivity index (χ1v) is 15.2. The zero-order valence-corrected chi connectivity index (χ0v) is 25.1. The number of nitrogens with zero attached hydrogens (tertiary/aromatic N) is 3. The van der Waals surface area contributed by atoms with Gasteiger partial charge in [0.1, 0.15) is 11.9 Å². The number of likely N-dealkylation sites (tertiary alicyclic amines) is 1. The van der Waals surface area contributed by atoms with Crippen LogP contribution in [0, 0.1) is 0 Å². The number of hydrogen-bond donors (Lipinski definition) is 1. The number of halogens is 2. The van der Waals surface area contributed by atoms with Gasteiger partial charge in [-0.1, -0.05) is 25.8 Å². The summed E-state index contributed by atoms with van der Waals surface area (Å²) in [5, 5.41) is 8.92. The van der Waals surface area contributed by atoms with Gasteiger partial charge in [-0.2, -0.15) is 5.10 Å². The molecule has 0 atom stereocenters. The molecule has 1 N–H and O–H groups in total. The first-order chi connectivity index (χ1) is 17.3. The van der Waals surface area contributed by atoms with Gasteiger partial charge >= 0.3 is 0 Å². The van der Waals surface area contributed by atoms with E-state index < -0.39 is 10.0 Å². The van der Waals surface area contributed by atoms with E-state index in [1.165, 1.54) is 6.42 Å². The highest BCUT2D eigenvalue weighted by Crippen LogP contribution is 2.36. The lowest BCUT2D eigenvalue weighted by molar-refractivity contribution is 0.109. The fourth-order valence-electron chi connectivity index (χ4n) is 4.95. The van der Waals surface area contributed by atoms with Crippen molar-refractivity contribution in [1.82, 2.24) is 15.1 Å². The molecule has 0 unspecified atom stereocenters. The van der Waals surface area contributed by atoms with Crippen LogP contribution in [0.4, 0.5) is 5.69 Å². The van der Waals surface area contributed by atoms with Crippen molar-refractivity contribution < 1.29 is 17.9 Å². The Bertz CT molecular complexity index is 1120. The van der Waals surface area contributed by atoms with Gasteiger partial charge in [0.15, 0.2) is 0 Å². The normalized spacial score (nSPS) is 17.2. The van der Waals surface area contributed by atoms with Crippen LogP contribution >= 0.6 is 24.8 Å². The highest BCUT2D eigenvalue weighted by Gasteiger charge is 2.22. The van der Waals surface area contributed by atoms with E-state index in [1.807, 2.05) is 24.3 Å². The molecule has 0 amide bonds. The summed E-state index contributed by atoms with van der Waals surface area (Å²) in [5.74, 6) is 1.08. The van der Waals surface area contributed by atoms with Gasteiger partial charge in [-0.3, -0.25) is 4.72 Å². The third-order valence-electron chi connectivity index (χ3n) is 7.00. The molecule has 0 radical (unpaired) electrons. The van der Waals surface area contributed by atoms with E-state index in [9.17, 15) is 8.42 Å². The molecule has 2 heterocycles. The lowest BCUT2D eigenvalue weighted by Gasteiger charge is -2.29. The Morgan fingerprint density at radius 1 is 0.974 bits per heavy atom. The summed E-state index contributed by atoms with van der Waals surface area (Å²) in [7, 11) is -1.36. The van der Waals surface area contributed by atoms with Crippen LogP contribution in [0.15, 0.2) is 24.3 Å². The molecule has 11 heteroatoms. The Labute approximate surface area is 240 Å². The average Bonchev–Trinajstić information content (AvgIpc) is 2.85. The minimum atomic E-state index is -3.48. The molecule has 1 aliphatic carbocycles. The molecule has 8 nitrogen and oxygen atoms in total. The average molecular weight is 590 g/mol. The van der Waals surface area contributed by atoms with Crippen LogP contribution in [0.2, 0.25) is 0 Å². The number of nitrogens with one attached hydrogen (secondary N) is 1. The summed E-state index contributed by atoms with van der Waals surface area (Å²) < 4.78 is 39.5. The molecule has 2 fully saturated rings. The lowest BCUT2D eigenvalue weighted by Crippen LogP contribution is -2.35. The van der Waals surface area contributed by atoms with Gasteiger partial charge in [0, 0.05) is 24.7 Å². The molecule has 1 aliphatic heterocycles. The highest BCUT2D eigenvalue weighted by molar-refractivity contribution is 7.92. The predicted octanol–water partition coefficient (Wildman–Crippen LogP) is 5.89. The molecular weight excluding hydrogens is 547 g/mol. The van der Waals surface area contributed by atoms with Crippen LogP contribution in [0.3, 0.4) is 0 Å². The number of ether oxygens (including phenoxy) is 2. The van der Waals surface area contributed by atoms with Crippen LogP contribution in [0.5, 0.6) is 11.6 Å². The maximum absolute atomic E-state index is 12.2. The van der Waals surface area contributed by atoms with Crippen molar-refractivity contribution in [1.29, 1.82) is 0 Å². The molecule has 1 saturated heterocycles. The molecule has 214 valence electrons. The van der Waals surface area contributed by atoms with E-state index in [0.717, 1.165) is 94.0 Å². The Balaban J connectivity index is 0.00000253. The smallest absolute Gasteiger partial charge is 0.234 e. The molecule has 1 aromatic heterocycles. The second-order valence-electron chi connectivity index (χ2n) is 10.2. The van der Waals surface area contributed by atoms with E-state index in [-0.39, 0.29) is 37.0 Å². The molecule has 1 aromatic carbocycles. The first-order valence-electron chi connectivity index (χ1n) is 13.3. The minimum Gasteiger partial charge on any atom is -0.488 e. The molecule has 0 spiro atoms. The summed E-state index contributed by atoms with van der Waals surface area (Å²) in [4.78, 5) is 2.30. The Morgan fingerprint density at radius 3 is 2.32 bits per heavy atom. The zero-order chi connectivity index (χ0) is 25.5. The number of piperidine rings is 1. The minimum absolute atomic E-state index is 0. The summed E-state index contributed by atoms with van der Waals surface area (Å²) >= 11 is 0.